The van der Waals surface area contributed by atoms with Gasteiger partial charge in [0.15, 0.2) is 11.4 Å². The summed E-state index contributed by atoms with van der Waals surface area (Å²) in [7, 11) is -3.25. The fourth-order valence-corrected chi connectivity index (χ4v) is 8.22. The van der Waals surface area contributed by atoms with Gasteiger partial charge in [0.2, 0.25) is 0 Å². The van der Waals surface area contributed by atoms with E-state index < -0.39 is 50.3 Å². The van der Waals surface area contributed by atoms with Crippen LogP contribution in [0.2, 0.25) is 0 Å². The molecule has 0 saturated carbocycles. The fraction of sp³-hybridized carbons (Fsp3) is 0.667. The zero-order valence-electron chi connectivity index (χ0n) is 34.2. The molecule has 5 N–H and O–H groups in total. The lowest BCUT2D eigenvalue weighted by molar-refractivity contribution is -0.0561. The van der Waals surface area contributed by atoms with Crippen LogP contribution in [-0.4, -0.2) is 80.6 Å². The summed E-state index contributed by atoms with van der Waals surface area (Å²) in [6, 6.07) is 9.24. The molecule has 322 valence electrons. The van der Waals surface area contributed by atoms with Crippen molar-refractivity contribution in [3.05, 3.63) is 59.3 Å². The van der Waals surface area contributed by atoms with Crippen LogP contribution in [0.5, 0.6) is 0 Å². The number of hydrogen-bond acceptors (Lipinski definition) is 12. The average Bonchev–Trinajstić information content (AvgIpc) is 3.76. The number of phosphoric acid groups is 1. The Hall–Kier alpha value is -3.32. The quantitative estimate of drug-likeness (QED) is 0.0297. The van der Waals surface area contributed by atoms with Crippen LogP contribution in [0.3, 0.4) is 0 Å². The highest BCUT2D eigenvalue weighted by atomic mass is 31.2. The number of anilines is 1. The molecule has 14 nitrogen and oxygen atoms in total. The lowest BCUT2D eigenvalue weighted by Crippen LogP contribution is -2.43. The van der Waals surface area contributed by atoms with Crippen molar-refractivity contribution in [3.8, 4) is 6.07 Å². The Morgan fingerprint density at radius 2 is 1.62 bits per heavy atom. The number of nitrogens with two attached hydrogens (primary N) is 1. The number of nitrogens with zero attached hydrogens (tertiary/aromatic N) is 5. The van der Waals surface area contributed by atoms with Gasteiger partial charge >= 0.3 is 7.82 Å². The first-order chi connectivity index (χ1) is 28.0. The SMILES string of the molecule is CCCCCCCCCCCCCCCCCCC[C@H](COP(=O)(O)OC[C@H]1O[C@@](C=NC)(c2ccc3c(N)ncnn23)[C@H](O)[C@@H]1O)OCc1ccc(C#N)c(F)c1. The van der Waals surface area contributed by atoms with Crippen molar-refractivity contribution >= 4 is 25.4 Å². The molecule has 0 radical (unpaired) electrons. The Morgan fingerprint density at radius 1 is 1.00 bits per heavy atom. The Morgan fingerprint density at radius 3 is 2.21 bits per heavy atom. The number of hydrogen-bond donors (Lipinski definition) is 4. The maximum atomic E-state index is 14.3. The van der Waals surface area contributed by atoms with E-state index >= 15 is 0 Å². The number of nitrogen functional groups attached to an aromatic ring is 1. The van der Waals surface area contributed by atoms with Crippen LogP contribution in [0.15, 0.2) is 41.7 Å². The Balaban J connectivity index is 1.23. The largest absolute Gasteiger partial charge is 0.472 e. The lowest BCUT2D eigenvalue weighted by atomic mass is 9.92. The molecule has 1 aliphatic rings. The zero-order chi connectivity index (χ0) is 41.8. The molecule has 4 rings (SSSR count). The maximum absolute atomic E-state index is 14.3. The monoisotopic (exact) mass is 830 g/mol. The van der Waals surface area contributed by atoms with Crippen LogP contribution < -0.4 is 5.73 Å². The first-order valence-electron chi connectivity index (χ1n) is 21.0. The topological polar surface area (TPSA) is 207 Å². The minimum absolute atomic E-state index is 0.00174. The molecule has 0 bridgehead atoms. The van der Waals surface area contributed by atoms with Crippen LogP contribution in [0.4, 0.5) is 10.2 Å². The summed E-state index contributed by atoms with van der Waals surface area (Å²) >= 11 is 0. The molecule has 1 saturated heterocycles. The van der Waals surface area contributed by atoms with Gasteiger partial charge in [-0.1, -0.05) is 122 Å². The van der Waals surface area contributed by atoms with Gasteiger partial charge in [0.05, 0.1) is 37.2 Å². The molecule has 16 heteroatoms. The molecule has 3 aromatic rings. The highest BCUT2D eigenvalue weighted by molar-refractivity contribution is 7.47. The highest BCUT2D eigenvalue weighted by Crippen LogP contribution is 2.46. The molecule has 1 aliphatic heterocycles. The predicted octanol–water partition coefficient (Wildman–Crippen LogP) is 8.10. The van der Waals surface area contributed by atoms with E-state index in [-0.39, 0.29) is 24.6 Å². The van der Waals surface area contributed by atoms with Crippen molar-refractivity contribution < 1.29 is 42.6 Å². The molecule has 1 fully saturated rings. The van der Waals surface area contributed by atoms with Crippen molar-refractivity contribution in [3.63, 3.8) is 0 Å². The second-order valence-corrected chi connectivity index (χ2v) is 16.8. The highest BCUT2D eigenvalue weighted by Gasteiger charge is 2.56. The van der Waals surface area contributed by atoms with Gasteiger partial charge in [-0.3, -0.25) is 14.0 Å². The Bertz CT molecular complexity index is 1790. The summed E-state index contributed by atoms with van der Waals surface area (Å²) in [5.74, 6) is -0.469. The number of halogens is 1. The van der Waals surface area contributed by atoms with Crippen LogP contribution in [0.25, 0.3) is 5.52 Å². The van der Waals surface area contributed by atoms with Crippen molar-refractivity contribution in [2.75, 3.05) is 26.0 Å². The Kier molecular flexibility index (Phi) is 20.2. The van der Waals surface area contributed by atoms with E-state index in [0.29, 0.717) is 23.2 Å². The molecule has 0 spiro atoms. The number of aliphatic hydroxyl groups excluding tert-OH is 2. The van der Waals surface area contributed by atoms with Gasteiger partial charge in [-0.15, -0.1) is 0 Å². The molecule has 1 unspecified atom stereocenters. The van der Waals surface area contributed by atoms with Crippen LogP contribution in [0, 0.1) is 17.1 Å². The van der Waals surface area contributed by atoms with Crippen molar-refractivity contribution in [2.45, 2.75) is 159 Å². The number of rotatable bonds is 29. The molecule has 6 atom stereocenters. The fourth-order valence-electron chi connectivity index (χ4n) is 7.45. The van der Waals surface area contributed by atoms with Crippen LogP contribution >= 0.6 is 7.82 Å². The number of fused-ring (bicyclic) bond motifs is 1. The second kappa shape index (κ2) is 24.7. The van der Waals surface area contributed by atoms with Crippen molar-refractivity contribution in [2.24, 2.45) is 4.99 Å². The first-order valence-corrected chi connectivity index (χ1v) is 22.5. The summed E-state index contributed by atoms with van der Waals surface area (Å²) < 4.78 is 51.6. The van der Waals surface area contributed by atoms with E-state index in [2.05, 4.69) is 22.0 Å². The number of nitriles is 1. The van der Waals surface area contributed by atoms with E-state index in [4.69, 9.17) is 29.5 Å². The molecular weight excluding hydrogens is 766 g/mol. The summed E-state index contributed by atoms with van der Waals surface area (Å²) in [5, 5.41) is 35.5. The van der Waals surface area contributed by atoms with E-state index in [1.165, 1.54) is 120 Å². The number of unbranched alkanes of at least 4 members (excludes halogenated alkanes) is 16. The molecule has 0 aliphatic carbocycles. The van der Waals surface area contributed by atoms with E-state index in [9.17, 15) is 24.1 Å². The third kappa shape index (κ3) is 14.2. The summed E-state index contributed by atoms with van der Waals surface area (Å²) in [6.07, 6.45) is 19.2. The summed E-state index contributed by atoms with van der Waals surface area (Å²) in [5.41, 5.74) is 5.45. The van der Waals surface area contributed by atoms with Crippen LogP contribution in [0.1, 0.15) is 139 Å². The normalized spacial score (nSPS) is 21.2. The molecule has 2 aromatic heterocycles. The average molecular weight is 831 g/mol. The molecular formula is C42H64FN6O8P. The van der Waals surface area contributed by atoms with Gasteiger partial charge in [0.1, 0.15) is 42.0 Å². The number of aromatic nitrogens is 3. The van der Waals surface area contributed by atoms with Gasteiger partial charge in [-0.2, -0.15) is 10.4 Å². The third-order valence-corrected chi connectivity index (χ3v) is 11.7. The Labute approximate surface area is 342 Å². The molecule has 3 heterocycles. The molecule has 58 heavy (non-hydrogen) atoms. The van der Waals surface area contributed by atoms with Gasteiger partial charge < -0.3 is 30.3 Å². The number of aliphatic imine (C=N–C) groups is 1. The number of aliphatic hydroxyl groups is 2. The molecule has 0 amide bonds. The van der Waals surface area contributed by atoms with E-state index in [1.807, 2.05) is 0 Å². The standard InChI is InChI=1S/C42H64FN6O8P/c1-3-4-5-6-7-8-9-10-11-12-13-14-15-16-17-18-19-20-34(54-27-32-21-22-33(26-44)35(43)25-32)28-55-58(52,53)56-29-37-39(50)40(51)42(57-37,30-46-2)38-24-23-36-41(45)47-31-48-49(36)38/h21-25,30-31,34,37,39-40,50-51H,3-20,27-29H2,1-2H3,(H,52,53)(H2,45,47,48)/t34-,37-,39-,40-,42+/m1/s1. The smallest absolute Gasteiger partial charge is 0.387 e. The van der Waals surface area contributed by atoms with Crippen molar-refractivity contribution in [1.82, 2.24) is 14.6 Å². The summed E-state index contributed by atoms with van der Waals surface area (Å²) in [6.45, 7) is 1.34. The van der Waals surface area contributed by atoms with Gasteiger partial charge in [0, 0.05) is 13.3 Å². The maximum Gasteiger partial charge on any atom is 0.472 e. The van der Waals surface area contributed by atoms with Gasteiger partial charge in [-0.05, 0) is 36.2 Å². The number of ether oxygens (including phenoxy) is 2. The zero-order valence-corrected chi connectivity index (χ0v) is 35.1. The van der Waals surface area contributed by atoms with Crippen molar-refractivity contribution in [1.29, 1.82) is 5.26 Å². The van der Waals surface area contributed by atoms with E-state index in [1.54, 1.807) is 24.3 Å². The second-order valence-electron chi connectivity index (χ2n) is 15.3. The minimum atomic E-state index is -4.72. The van der Waals surface area contributed by atoms with E-state index in [0.717, 1.165) is 25.7 Å². The third-order valence-electron chi connectivity index (χ3n) is 10.8. The number of phosphoric ester groups is 1. The molecule has 1 aromatic carbocycles. The summed E-state index contributed by atoms with van der Waals surface area (Å²) in [4.78, 5) is 18.7. The van der Waals surface area contributed by atoms with Gasteiger partial charge in [0.25, 0.3) is 0 Å². The number of benzene rings is 1. The lowest BCUT2D eigenvalue weighted by Gasteiger charge is -2.27. The first kappa shape index (κ1) is 47.4. The van der Waals surface area contributed by atoms with Gasteiger partial charge in [-0.25, -0.2) is 18.5 Å². The predicted molar refractivity (Wildman–Crippen MR) is 221 cm³/mol. The minimum Gasteiger partial charge on any atom is -0.387 e. The van der Waals surface area contributed by atoms with Crippen LogP contribution in [-0.2, 0) is 35.3 Å².